The zero-order valence-electron chi connectivity index (χ0n) is 11.1. The summed E-state index contributed by atoms with van der Waals surface area (Å²) in [5.74, 6) is -0.971. The van der Waals surface area contributed by atoms with Gasteiger partial charge in [0.25, 0.3) is 0 Å². The van der Waals surface area contributed by atoms with Gasteiger partial charge in [-0.1, -0.05) is 0 Å². The molecule has 1 aliphatic rings. The molecule has 1 amide bonds. The Hall–Kier alpha value is -1.26. The average Bonchev–Trinajstić information content (AvgIpc) is 2.37. The Kier molecular flexibility index (Phi) is 3.41. The van der Waals surface area contributed by atoms with E-state index in [1.165, 1.54) is 4.90 Å². The Labute approximate surface area is 102 Å². The van der Waals surface area contributed by atoms with Gasteiger partial charge >= 0.3 is 12.1 Å². The van der Waals surface area contributed by atoms with E-state index in [4.69, 9.17) is 9.84 Å². The summed E-state index contributed by atoms with van der Waals surface area (Å²) in [7, 11) is 0. The Morgan fingerprint density at radius 1 is 1.35 bits per heavy atom. The first kappa shape index (κ1) is 13.8. The highest BCUT2D eigenvalue weighted by Crippen LogP contribution is 2.34. The van der Waals surface area contributed by atoms with Gasteiger partial charge in [-0.25, -0.2) is 9.59 Å². The first-order valence-electron chi connectivity index (χ1n) is 5.80. The lowest BCUT2D eigenvalue weighted by Crippen LogP contribution is -2.51. The molecule has 1 rings (SSSR count). The van der Waals surface area contributed by atoms with Crippen molar-refractivity contribution in [2.45, 2.75) is 64.6 Å². The molecule has 1 N–H and O–H groups in total. The summed E-state index contributed by atoms with van der Waals surface area (Å²) in [6.07, 6.45) is 0.595. The highest BCUT2D eigenvalue weighted by atomic mass is 16.6. The summed E-state index contributed by atoms with van der Waals surface area (Å²) in [5, 5.41) is 9.11. The molecule has 1 aliphatic heterocycles. The molecule has 0 aromatic carbocycles. The van der Waals surface area contributed by atoms with Crippen LogP contribution < -0.4 is 0 Å². The molecule has 0 unspecified atom stereocenters. The van der Waals surface area contributed by atoms with E-state index in [2.05, 4.69) is 0 Å². The van der Waals surface area contributed by atoms with Crippen molar-refractivity contribution in [3.05, 3.63) is 0 Å². The standard InChI is InChI=1S/C12H21NO4/c1-11(2,3)17-10(16)13-8(9(14)15)6-7-12(13,4)5/h8H,6-7H2,1-5H3,(H,14,15)/t8-/m0/s1. The summed E-state index contributed by atoms with van der Waals surface area (Å²) in [4.78, 5) is 24.5. The molecule has 1 fully saturated rings. The highest BCUT2D eigenvalue weighted by Gasteiger charge is 2.47. The molecule has 0 spiro atoms. The number of aliphatic carboxylic acids is 1. The maximum Gasteiger partial charge on any atom is 0.411 e. The SMILES string of the molecule is CC(C)(C)OC(=O)N1[C@H](C(=O)O)CCC1(C)C. The van der Waals surface area contributed by atoms with Crippen LogP contribution in [0.1, 0.15) is 47.5 Å². The van der Waals surface area contributed by atoms with Gasteiger partial charge in [0.15, 0.2) is 0 Å². The van der Waals surface area contributed by atoms with Gasteiger partial charge in [0.2, 0.25) is 0 Å². The van der Waals surface area contributed by atoms with Gasteiger partial charge in [-0.05, 0) is 47.5 Å². The van der Waals surface area contributed by atoms with Crippen molar-refractivity contribution in [3.63, 3.8) is 0 Å². The van der Waals surface area contributed by atoms with E-state index in [-0.39, 0.29) is 0 Å². The quantitative estimate of drug-likeness (QED) is 0.767. The largest absolute Gasteiger partial charge is 0.480 e. The highest BCUT2D eigenvalue weighted by molar-refractivity contribution is 5.81. The first-order chi connectivity index (χ1) is 7.54. The first-order valence-corrected chi connectivity index (χ1v) is 5.80. The van der Waals surface area contributed by atoms with Crippen LogP contribution in [0.4, 0.5) is 4.79 Å². The molecule has 1 atom stereocenters. The smallest absolute Gasteiger partial charge is 0.411 e. The molecule has 0 bridgehead atoms. The fraction of sp³-hybridized carbons (Fsp3) is 0.833. The number of rotatable bonds is 1. The molecule has 17 heavy (non-hydrogen) atoms. The number of hydrogen-bond acceptors (Lipinski definition) is 3. The van der Waals surface area contributed by atoms with Gasteiger partial charge in [0.05, 0.1) is 0 Å². The third-order valence-electron chi connectivity index (χ3n) is 2.87. The number of hydrogen-bond donors (Lipinski definition) is 1. The minimum absolute atomic E-state index is 0.467. The normalized spacial score (nSPS) is 23.6. The van der Waals surface area contributed by atoms with E-state index in [1.54, 1.807) is 20.8 Å². The molecular formula is C12H21NO4. The summed E-state index contributed by atoms with van der Waals surface area (Å²) >= 11 is 0. The van der Waals surface area contributed by atoms with Gasteiger partial charge in [0, 0.05) is 5.54 Å². The van der Waals surface area contributed by atoms with Crippen molar-refractivity contribution in [2.75, 3.05) is 0 Å². The Morgan fingerprint density at radius 2 is 1.88 bits per heavy atom. The van der Waals surface area contributed by atoms with Crippen molar-refractivity contribution in [2.24, 2.45) is 0 Å². The van der Waals surface area contributed by atoms with E-state index in [9.17, 15) is 9.59 Å². The van der Waals surface area contributed by atoms with Crippen LogP contribution in [-0.4, -0.2) is 39.3 Å². The predicted octanol–water partition coefficient (Wildman–Crippen LogP) is 2.25. The minimum atomic E-state index is -0.971. The maximum absolute atomic E-state index is 12.0. The summed E-state index contributed by atoms with van der Waals surface area (Å²) in [6.45, 7) is 9.02. The molecule has 5 nitrogen and oxygen atoms in total. The lowest BCUT2D eigenvalue weighted by molar-refractivity contribution is -0.143. The van der Waals surface area contributed by atoms with Gasteiger partial charge < -0.3 is 9.84 Å². The molecule has 98 valence electrons. The topological polar surface area (TPSA) is 66.8 Å². The fourth-order valence-corrected chi connectivity index (χ4v) is 2.08. The number of ether oxygens (including phenoxy) is 1. The molecule has 0 aliphatic carbocycles. The Bertz CT molecular complexity index is 330. The third-order valence-corrected chi connectivity index (χ3v) is 2.87. The average molecular weight is 243 g/mol. The number of nitrogens with zero attached hydrogens (tertiary/aromatic N) is 1. The van der Waals surface area contributed by atoms with Crippen molar-refractivity contribution in [3.8, 4) is 0 Å². The lowest BCUT2D eigenvalue weighted by atomic mass is 10.0. The third kappa shape index (κ3) is 3.11. The van der Waals surface area contributed by atoms with E-state index in [1.807, 2.05) is 13.8 Å². The lowest BCUT2D eigenvalue weighted by Gasteiger charge is -2.35. The predicted molar refractivity (Wildman–Crippen MR) is 62.8 cm³/mol. The molecule has 0 saturated carbocycles. The summed E-state index contributed by atoms with van der Waals surface area (Å²) in [6, 6.07) is -0.778. The molecular weight excluding hydrogens is 222 g/mol. The van der Waals surface area contributed by atoms with Gasteiger partial charge in [0.1, 0.15) is 11.6 Å². The second-order valence-electron chi connectivity index (χ2n) is 6.06. The minimum Gasteiger partial charge on any atom is -0.480 e. The number of likely N-dealkylation sites (tertiary alicyclic amines) is 1. The number of amides is 1. The van der Waals surface area contributed by atoms with Crippen LogP contribution >= 0.6 is 0 Å². The fourth-order valence-electron chi connectivity index (χ4n) is 2.08. The molecule has 0 aromatic heterocycles. The van der Waals surface area contributed by atoms with Crippen LogP contribution in [0.5, 0.6) is 0 Å². The molecule has 5 heteroatoms. The zero-order chi connectivity index (χ0) is 13.4. The monoisotopic (exact) mass is 243 g/mol. The van der Waals surface area contributed by atoms with Crippen LogP contribution in [-0.2, 0) is 9.53 Å². The van der Waals surface area contributed by atoms with Gasteiger partial charge in [-0.3, -0.25) is 4.90 Å². The van der Waals surface area contributed by atoms with Crippen LogP contribution in [0.25, 0.3) is 0 Å². The maximum atomic E-state index is 12.0. The van der Waals surface area contributed by atoms with Crippen LogP contribution in [0.2, 0.25) is 0 Å². The van der Waals surface area contributed by atoms with Crippen molar-refractivity contribution < 1.29 is 19.4 Å². The number of carbonyl (C=O) groups is 2. The van der Waals surface area contributed by atoms with Gasteiger partial charge in [-0.15, -0.1) is 0 Å². The van der Waals surface area contributed by atoms with Crippen LogP contribution in [0, 0.1) is 0 Å². The number of carboxylic acid groups (broad SMARTS) is 1. The second-order valence-corrected chi connectivity index (χ2v) is 6.06. The zero-order valence-corrected chi connectivity index (χ0v) is 11.1. The molecule has 0 aromatic rings. The van der Waals surface area contributed by atoms with E-state index in [0.717, 1.165) is 0 Å². The number of carboxylic acids is 1. The van der Waals surface area contributed by atoms with Crippen molar-refractivity contribution >= 4 is 12.1 Å². The van der Waals surface area contributed by atoms with Crippen LogP contribution in [0.15, 0.2) is 0 Å². The van der Waals surface area contributed by atoms with E-state index < -0.39 is 29.2 Å². The van der Waals surface area contributed by atoms with E-state index in [0.29, 0.717) is 12.8 Å². The Morgan fingerprint density at radius 3 is 2.29 bits per heavy atom. The van der Waals surface area contributed by atoms with E-state index >= 15 is 0 Å². The second kappa shape index (κ2) is 4.20. The Balaban J connectivity index is 2.90. The number of carbonyl (C=O) groups excluding carboxylic acids is 1. The van der Waals surface area contributed by atoms with Gasteiger partial charge in [-0.2, -0.15) is 0 Å². The summed E-state index contributed by atoms with van der Waals surface area (Å²) < 4.78 is 5.26. The molecule has 1 heterocycles. The van der Waals surface area contributed by atoms with Crippen molar-refractivity contribution in [1.29, 1.82) is 0 Å². The molecule has 0 radical (unpaired) electrons. The van der Waals surface area contributed by atoms with Crippen LogP contribution in [0.3, 0.4) is 0 Å². The summed E-state index contributed by atoms with van der Waals surface area (Å²) in [5.41, 5.74) is -1.08. The van der Waals surface area contributed by atoms with Crippen molar-refractivity contribution in [1.82, 2.24) is 4.90 Å². The molecule has 1 saturated heterocycles.